The van der Waals surface area contributed by atoms with Gasteiger partial charge in [-0.15, -0.1) is 0 Å². The molecule has 17 heavy (non-hydrogen) atoms. The van der Waals surface area contributed by atoms with Crippen molar-refractivity contribution in [3.8, 4) is 0 Å². The van der Waals surface area contributed by atoms with Gasteiger partial charge in [-0.05, 0) is 40.9 Å². The second-order valence-corrected chi connectivity index (χ2v) is 7.00. The summed E-state index contributed by atoms with van der Waals surface area (Å²) in [4.78, 5) is 0.326. The fourth-order valence-corrected chi connectivity index (χ4v) is 4.46. The van der Waals surface area contributed by atoms with Gasteiger partial charge in [0.05, 0.1) is 4.90 Å². The van der Waals surface area contributed by atoms with Gasteiger partial charge in [0.2, 0.25) is 10.0 Å². The molecule has 0 saturated carbocycles. The van der Waals surface area contributed by atoms with Crippen LogP contribution in [-0.4, -0.2) is 31.9 Å². The number of hydrogen-bond donors (Lipinski definition) is 1. The Morgan fingerprint density at radius 2 is 2.18 bits per heavy atom. The molecule has 1 saturated heterocycles. The van der Waals surface area contributed by atoms with Crippen molar-refractivity contribution in [1.82, 2.24) is 4.31 Å². The average molecular weight is 319 g/mol. The third-order valence-corrected chi connectivity index (χ3v) is 6.18. The summed E-state index contributed by atoms with van der Waals surface area (Å²) in [5.41, 5.74) is 6.66. The zero-order valence-corrected chi connectivity index (χ0v) is 12.0. The lowest BCUT2D eigenvalue weighted by Gasteiger charge is -2.17. The highest BCUT2D eigenvalue weighted by molar-refractivity contribution is 9.10. The Balaban J connectivity index is 2.42. The molecule has 0 unspecified atom stereocenters. The maximum absolute atomic E-state index is 12.4. The maximum Gasteiger partial charge on any atom is 0.244 e. The largest absolute Gasteiger partial charge is 0.326 e. The van der Waals surface area contributed by atoms with Gasteiger partial charge in [-0.1, -0.05) is 12.1 Å². The fourth-order valence-electron chi connectivity index (χ4n) is 1.93. The van der Waals surface area contributed by atoms with E-state index in [4.69, 9.17) is 5.73 Å². The van der Waals surface area contributed by atoms with Crippen LogP contribution < -0.4 is 5.73 Å². The Morgan fingerprint density at radius 3 is 2.76 bits per heavy atom. The van der Waals surface area contributed by atoms with Crippen molar-refractivity contribution in [2.75, 3.05) is 13.1 Å². The Bertz CT molecular complexity index is 530. The van der Waals surface area contributed by atoms with Gasteiger partial charge in [0.15, 0.2) is 0 Å². The Kier molecular flexibility index (Phi) is 3.58. The molecule has 0 aromatic heterocycles. The highest BCUT2D eigenvalue weighted by Crippen LogP contribution is 2.29. The Hall–Kier alpha value is -0.430. The van der Waals surface area contributed by atoms with Crippen LogP contribution in [0.1, 0.15) is 12.0 Å². The normalized spacial score (nSPS) is 21.9. The molecular weight excluding hydrogens is 304 g/mol. The molecule has 4 nitrogen and oxygen atoms in total. The first-order valence-electron chi connectivity index (χ1n) is 5.44. The van der Waals surface area contributed by atoms with Crippen LogP contribution in [0.25, 0.3) is 0 Å². The molecule has 1 fully saturated rings. The SMILES string of the molecule is Cc1cccc(S(=O)(=O)N2CC[C@H](N)C2)c1Br. The number of rotatable bonds is 2. The fraction of sp³-hybridized carbons (Fsp3) is 0.455. The number of hydrogen-bond acceptors (Lipinski definition) is 3. The standard InChI is InChI=1S/C11H15BrN2O2S/c1-8-3-2-4-10(11(8)12)17(15,16)14-6-5-9(13)7-14/h2-4,9H,5-7,13H2,1H3/t9-/m0/s1. The van der Waals surface area contributed by atoms with Crippen LogP contribution in [0.5, 0.6) is 0 Å². The lowest BCUT2D eigenvalue weighted by Crippen LogP contribution is -2.32. The predicted octanol–water partition coefficient (Wildman–Crippen LogP) is 1.48. The zero-order chi connectivity index (χ0) is 12.6. The van der Waals surface area contributed by atoms with Crippen molar-refractivity contribution in [2.24, 2.45) is 5.73 Å². The highest BCUT2D eigenvalue weighted by Gasteiger charge is 2.32. The van der Waals surface area contributed by atoms with Gasteiger partial charge < -0.3 is 5.73 Å². The molecule has 1 aliphatic heterocycles. The van der Waals surface area contributed by atoms with Gasteiger partial charge in [-0.2, -0.15) is 4.31 Å². The van der Waals surface area contributed by atoms with Gasteiger partial charge in [0.25, 0.3) is 0 Å². The first kappa shape index (κ1) is 13.0. The molecule has 1 aromatic rings. The Labute approximate surface area is 110 Å². The second-order valence-electron chi connectivity index (χ2n) is 4.30. The molecule has 1 aliphatic rings. The minimum atomic E-state index is -3.42. The summed E-state index contributed by atoms with van der Waals surface area (Å²) in [6.45, 7) is 2.78. The molecule has 1 aromatic carbocycles. The lowest BCUT2D eigenvalue weighted by atomic mass is 10.2. The van der Waals surface area contributed by atoms with Crippen LogP contribution in [0.2, 0.25) is 0 Å². The quantitative estimate of drug-likeness (QED) is 0.898. The third-order valence-electron chi connectivity index (χ3n) is 2.96. The molecule has 0 radical (unpaired) electrons. The molecule has 0 bridgehead atoms. The zero-order valence-electron chi connectivity index (χ0n) is 9.56. The van der Waals surface area contributed by atoms with E-state index in [2.05, 4.69) is 15.9 Å². The van der Waals surface area contributed by atoms with Crippen LogP contribution in [0.4, 0.5) is 0 Å². The van der Waals surface area contributed by atoms with Crippen molar-refractivity contribution >= 4 is 26.0 Å². The summed E-state index contributed by atoms with van der Waals surface area (Å²) in [5.74, 6) is 0. The van der Waals surface area contributed by atoms with E-state index in [1.165, 1.54) is 4.31 Å². The van der Waals surface area contributed by atoms with Crippen LogP contribution in [0.3, 0.4) is 0 Å². The molecule has 94 valence electrons. The summed E-state index contributed by atoms with van der Waals surface area (Å²) in [6.07, 6.45) is 0.725. The monoisotopic (exact) mass is 318 g/mol. The van der Waals surface area contributed by atoms with Gasteiger partial charge in [-0.25, -0.2) is 8.42 Å². The van der Waals surface area contributed by atoms with E-state index < -0.39 is 10.0 Å². The summed E-state index contributed by atoms with van der Waals surface area (Å²) in [5, 5.41) is 0. The van der Waals surface area contributed by atoms with Crippen molar-refractivity contribution in [1.29, 1.82) is 0 Å². The molecule has 0 amide bonds. The molecule has 1 heterocycles. The number of sulfonamides is 1. The Morgan fingerprint density at radius 1 is 1.47 bits per heavy atom. The van der Waals surface area contributed by atoms with Crippen molar-refractivity contribution < 1.29 is 8.42 Å². The average Bonchev–Trinajstić information content (AvgIpc) is 2.69. The summed E-state index contributed by atoms with van der Waals surface area (Å²) in [6, 6.07) is 5.20. The van der Waals surface area contributed by atoms with Gasteiger partial charge in [0.1, 0.15) is 0 Å². The van der Waals surface area contributed by atoms with E-state index in [-0.39, 0.29) is 6.04 Å². The maximum atomic E-state index is 12.4. The lowest BCUT2D eigenvalue weighted by molar-refractivity contribution is 0.472. The predicted molar refractivity (Wildman–Crippen MR) is 70.2 cm³/mol. The third kappa shape index (κ3) is 2.40. The number of nitrogens with zero attached hydrogens (tertiary/aromatic N) is 1. The first-order valence-corrected chi connectivity index (χ1v) is 7.67. The summed E-state index contributed by atoms with van der Waals surface area (Å²) < 4.78 is 26.9. The van der Waals surface area contributed by atoms with Crippen LogP contribution in [0, 0.1) is 6.92 Å². The van der Waals surface area contributed by atoms with Crippen molar-refractivity contribution in [2.45, 2.75) is 24.3 Å². The molecule has 1 atom stereocenters. The van der Waals surface area contributed by atoms with E-state index in [0.717, 1.165) is 12.0 Å². The van der Waals surface area contributed by atoms with Crippen LogP contribution >= 0.6 is 15.9 Å². The number of nitrogens with two attached hydrogens (primary N) is 1. The smallest absolute Gasteiger partial charge is 0.244 e. The highest BCUT2D eigenvalue weighted by atomic mass is 79.9. The van der Waals surface area contributed by atoms with Gasteiger partial charge >= 0.3 is 0 Å². The number of halogens is 1. The molecule has 6 heteroatoms. The van der Waals surface area contributed by atoms with Crippen molar-refractivity contribution in [3.05, 3.63) is 28.2 Å². The van der Waals surface area contributed by atoms with Crippen LogP contribution in [0.15, 0.2) is 27.6 Å². The van der Waals surface area contributed by atoms with E-state index in [1.807, 2.05) is 13.0 Å². The molecule has 0 spiro atoms. The molecule has 0 aliphatic carbocycles. The summed E-state index contributed by atoms with van der Waals surface area (Å²) in [7, 11) is -3.42. The second kappa shape index (κ2) is 4.68. The van der Waals surface area contributed by atoms with E-state index >= 15 is 0 Å². The summed E-state index contributed by atoms with van der Waals surface area (Å²) >= 11 is 3.34. The minimum Gasteiger partial charge on any atom is -0.326 e. The van der Waals surface area contributed by atoms with Gasteiger partial charge in [0, 0.05) is 23.6 Å². The molecule has 2 N–H and O–H groups in total. The minimum absolute atomic E-state index is 0.0478. The molecule has 2 rings (SSSR count). The van der Waals surface area contributed by atoms with Gasteiger partial charge in [-0.3, -0.25) is 0 Å². The molecular formula is C11H15BrN2O2S. The number of aryl methyl sites for hydroxylation is 1. The van der Waals surface area contributed by atoms with E-state index in [9.17, 15) is 8.42 Å². The van der Waals surface area contributed by atoms with Crippen molar-refractivity contribution in [3.63, 3.8) is 0 Å². The first-order chi connectivity index (χ1) is 7.93. The van der Waals surface area contributed by atoms with E-state index in [0.29, 0.717) is 22.5 Å². The number of benzene rings is 1. The van der Waals surface area contributed by atoms with Crippen LogP contribution in [-0.2, 0) is 10.0 Å². The van der Waals surface area contributed by atoms with E-state index in [1.54, 1.807) is 12.1 Å². The topological polar surface area (TPSA) is 63.4 Å².